The third-order valence-electron chi connectivity index (χ3n) is 3.43. The normalized spacial score (nSPS) is 14.6. The first-order valence-electron chi connectivity index (χ1n) is 6.28. The Hall–Kier alpha value is -2.10. The summed E-state index contributed by atoms with van der Waals surface area (Å²) in [6.07, 6.45) is 4.74. The first-order chi connectivity index (χ1) is 9.00. The molecule has 2 rings (SSSR count). The predicted octanol–water partition coefficient (Wildman–Crippen LogP) is 2.33. The molecule has 0 heterocycles. The van der Waals surface area contributed by atoms with E-state index in [-0.39, 0.29) is 5.91 Å². The summed E-state index contributed by atoms with van der Waals surface area (Å²) in [5.74, 6) is -0.989. The molecule has 1 N–H and O–H groups in total. The number of benzene rings is 1. The van der Waals surface area contributed by atoms with E-state index in [2.05, 4.69) is 0 Å². The smallest absolute Gasteiger partial charge is 0.328 e. The minimum absolute atomic E-state index is 0.00516. The largest absolute Gasteiger partial charge is 0.478 e. The van der Waals surface area contributed by atoms with Crippen LogP contribution in [0, 0.1) is 6.92 Å². The average molecular weight is 259 g/mol. The zero-order chi connectivity index (χ0) is 14.0. The molecular formula is C15H17NO3. The number of nitrogens with zero attached hydrogens (tertiary/aromatic N) is 1. The number of amides is 1. The molecule has 1 amide bonds. The molecule has 0 bridgehead atoms. The number of hydrogen-bond donors (Lipinski definition) is 1. The van der Waals surface area contributed by atoms with Crippen LogP contribution in [0.15, 0.2) is 24.3 Å². The molecule has 0 radical (unpaired) electrons. The van der Waals surface area contributed by atoms with Crippen LogP contribution in [0.3, 0.4) is 0 Å². The molecule has 1 aromatic rings. The molecule has 4 heteroatoms. The molecule has 1 saturated carbocycles. The highest BCUT2D eigenvalue weighted by Gasteiger charge is 2.30. The molecule has 1 fully saturated rings. The van der Waals surface area contributed by atoms with Gasteiger partial charge in [0, 0.05) is 24.7 Å². The van der Waals surface area contributed by atoms with Crippen molar-refractivity contribution in [3.63, 3.8) is 0 Å². The third-order valence-corrected chi connectivity index (χ3v) is 3.43. The first-order valence-corrected chi connectivity index (χ1v) is 6.28. The molecule has 19 heavy (non-hydrogen) atoms. The van der Waals surface area contributed by atoms with Crippen molar-refractivity contribution in [1.29, 1.82) is 0 Å². The minimum Gasteiger partial charge on any atom is -0.478 e. The maximum Gasteiger partial charge on any atom is 0.328 e. The van der Waals surface area contributed by atoms with Gasteiger partial charge in [0.25, 0.3) is 5.91 Å². The van der Waals surface area contributed by atoms with Gasteiger partial charge in [-0.05, 0) is 43.0 Å². The number of hydrogen-bond acceptors (Lipinski definition) is 2. The van der Waals surface area contributed by atoms with E-state index in [0.717, 1.165) is 30.0 Å². The Balaban J connectivity index is 2.28. The van der Waals surface area contributed by atoms with Crippen LogP contribution in [0.1, 0.15) is 34.3 Å². The quantitative estimate of drug-likeness (QED) is 0.844. The van der Waals surface area contributed by atoms with Gasteiger partial charge in [-0.2, -0.15) is 0 Å². The molecule has 4 nitrogen and oxygen atoms in total. The highest BCUT2D eigenvalue weighted by molar-refractivity contribution is 5.97. The van der Waals surface area contributed by atoms with Crippen molar-refractivity contribution < 1.29 is 14.7 Å². The van der Waals surface area contributed by atoms with Crippen LogP contribution in [0.25, 0.3) is 6.08 Å². The van der Waals surface area contributed by atoms with Gasteiger partial charge >= 0.3 is 5.97 Å². The van der Waals surface area contributed by atoms with Gasteiger partial charge in [0.1, 0.15) is 0 Å². The van der Waals surface area contributed by atoms with Gasteiger partial charge < -0.3 is 10.0 Å². The zero-order valence-electron chi connectivity index (χ0n) is 11.1. The van der Waals surface area contributed by atoms with Crippen LogP contribution in [-0.4, -0.2) is 35.0 Å². The van der Waals surface area contributed by atoms with E-state index in [1.54, 1.807) is 17.0 Å². The number of carbonyl (C=O) groups is 2. The summed E-state index contributed by atoms with van der Waals surface area (Å²) in [5, 5.41) is 8.65. The van der Waals surface area contributed by atoms with E-state index >= 15 is 0 Å². The Morgan fingerprint density at radius 1 is 1.37 bits per heavy atom. The number of aliphatic carboxylic acids is 1. The Morgan fingerprint density at radius 3 is 2.63 bits per heavy atom. The summed E-state index contributed by atoms with van der Waals surface area (Å²) >= 11 is 0. The summed E-state index contributed by atoms with van der Waals surface area (Å²) in [4.78, 5) is 24.6. The standard InChI is InChI=1S/C15H17NO3/c1-10-11(6-9-14(17)18)4-3-5-13(10)15(19)16(2)12-7-8-12/h3-6,9,12H,7-8H2,1-2H3,(H,17,18). The second-order valence-corrected chi connectivity index (χ2v) is 4.84. The second kappa shape index (κ2) is 5.26. The fraction of sp³-hybridized carbons (Fsp3) is 0.333. The van der Waals surface area contributed by atoms with Crippen LogP contribution >= 0.6 is 0 Å². The molecule has 0 saturated heterocycles. The van der Waals surface area contributed by atoms with Gasteiger partial charge in [0.2, 0.25) is 0 Å². The predicted molar refractivity (Wildman–Crippen MR) is 73.0 cm³/mol. The molecule has 1 aliphatic rings. The van der Waals surface area contributed by atoms with Gasteiger partial charge in [-0.3, -0.25) is 4.79 Å². The molecule has 0 aromatic heterocycles. The summed E-state index contributed by atoms with van der Waals surface area (Å²) in [7, 11) is 1.82. The van der Waals surface area contributed by atoms with Crippen LogP contribution in [0.5, 0.6) is 0 Å². The average Bonchev–Trinajstić information content (AvgIpc) is 3.20. The van der Waals surface area contributed by atoms with E-state index in [1.165, 1.54) is 6.08 Å². The number of rotatable bonds is 4. The third kappa shape index (κ3) is 3.02. The number of carboxylic acids is 1. The molecule has 0 atom stereocenters. The van der Waals surface area contributed by atoms with Crippen LogP contribution in [0.4, 0.5) is 0 Å². The Morgan fingerprint density at radius 2 is 2.05 bits per heavy atom. The molecule has 0 aliphatic heterocycles. The van der Waals surface area contributed by atoms with Crippen molar-refractivity contribution in [1.82, 2.24) is 4.90 Å². The summed E-state index contributed by atoms with van der Waals surface area (Å²) < 4.78 is 0. The van der Waals surface area contributed by atoms with E-state index in [9.17, 15) is 9.59 Å². The molecule has 1 aromatic carbocycles. The summed E-state index contributed by atoms with van der Waals surface area (Å²) in [5.41, 5.74) is 2.22. The lowest BCUT2D eigenvalue weighted by molar-refractivity contribution is -0.131. The van der Waals surface area contributed by atoms with Gasteiger partial charge in [-0.15, -0.1) is 0 Å². The van der Waals surface area contributed by atoms with E-state index in [1.807, 2.05) is 20.0 Å². The second-order valence-electron chi connectivity index (χ2n) is 4.84. The SMILES string of the molecule is Cc1c(C=CC(=O)O)cccc1C(=O)N(C)C1CC1. The highest BCUT2D eigenvalue weighted by Crippen LogP contribution is 2.27. The van der Waals surface area contributed by atoms with Crippen molar-refractivity contribution in [2.75, 3.05) is 7.05 Å². The maximum absolute atomic E-state index is 12.3. The van der Waals surface area contributed by atoms with Gasteiger partial charge in [0.05, 0.1) is 0 Å². The Bertz CT molecular complexity index is 544. The van der Waals surface area contributed by atoms with Crippen molar-refractivity contribution in [2.45, 2.75) is 25.8 Å². The van der Waals surface area contributed by atoms with E-state index in [0.29, 0.717) is 11.6 Å². The van der Waals surface area contributed by atoms with Gasteiger partial charge in [0.15, 0.2) is 0 Å². The lowest BCUT2D eigenvalue weighted by atomic mass is 10.0. The first kappa shape index (κ1) is 13.3. The molecule has 0 spiro atoms. The number of carbonyl (C=O) groups excluding carboxylic acids is 1. The molecule has 1 aliphatic carbocycles. The van der Waals surface area contributed by atoms with E-state index in [4.69, 9.17) is 5.11 Å². The van der Waals surface area contributed by atoms with Crippen LogP contribution in [-0.2, 0) is 4.79 Å². The van der Waals surface area contributed by atoms with Crippen LogP contribution < -0.4 is 0 Å². The van der Waals surface area contributed by atoms with Crippen molar-refractivity contribution >= 4 is 18.0 Å². The molecular weight excluding hydrogens is 242 g/mol. The molecule has 100 valence electrons. The van der Waals surface area contributed by atoms with Crippen molar-refractivity contribution in [2.24, 2.45) is 0 Å². The number of carboxylic acid groups (broad SMARTS) is 1. The summed E-state index contributed by atoms with van der Waals surface area (Å²) in [6.45, 7) is 1.84. The molecule has 0 unspecified atom stereocenters. The Labute approximate surface area is 112 Å². The van der Waals surface area contributed by atoms with Crippen molar-refractivity contribution in [3.05, 3.63) is 41.0 Å². The van der Waals surface area contributed by atoms with Gasteiger partial charge in [-0.1, -0.05) is 12.1 Å². The monoisotopic (exact) mass is 259 g/mol. The van der Waals surface area contributed by atoms with Gasteiger partial charge in [-0.25, -0.2) is 4.79 Å². The highest BCUT2D eigenvalue weighted by atomic mass is 16.4. The fourth-order valence-electron chi connectivity index (χ4n) is 2.04. The minimum atomic E-state index is -0.994. The maximum atomic E-state index is 12.3. The zero-order valence-corrected chi connectivity index (χ0v) is 11.1. The fourth-order valence-corrected chi connectivity index (χ4v) is 2.04. The topological polar surface area (TPSA) is 57.6 Å². The van der Waals surface area contributed by atoms with E-state index < -0.39 is 5.97 Å². The Kier molecular flexibility index (Phi) is 3.69. The lowest BCUT2D eigenvalue weighted by Gasteiger charge is -2.18. The lowest BCUT2D eigenvalue weighted by Crippen LogP contribution is -2.29. The summed E-state index contributed by atoms with van der Waals surface area (Å²) in [6, 6.07) is 5.74. The van der Waals surface area contributed by atoms with Crippen LogP contribution in [0.2, 0.25) is 0 Å². The van der Waals surface area contributed by atoms with Crippen molar-refractivity contribution in [3.8, 4) is 0 Å².